The molecule has 0 radical (unpaired) electrons. The van der Waals surface area contributed by atoms with Crippen LogP contribution in [0, 0.1) is 0 Å². The molecule has 21 heavy (non-hydrogen) atoms. The summed E-state index contributed by atoms with van der Waals surface area (Å²) in [5, 5.41) is 8.84. The van der Waals surface area contributed by atoms with Crippen LogP contribution in [0.3, 0.4) is 0 Å². The number of carboxylic acid groups (broad SMARTS) is 1. The van der Waals surface area contributed by atoms with Gasteiger partial charge in [-0.25, -0.2) is 4.79 Å². The van der Waals surface area contributed by atoms with Gasteiger partial charge in [0, 0.05) is 12.6 Å². The van der Waals surface area contributed by atoms with Crippen LogP contribution in [0.15, 0.2) is 0 Å². The number of hydrogen-bond donors (Lipinski definition) is 1. The Morgan fingerprint density at radius 1 is 1.24 bits per heavy atom. The Hall–Kier alpha value is -1.79. The molecule has 0 saturated heterocycles. The van der Waals surface area contributed by atoms with Crippen molar-refractivity contribution in [3.63, 3.8) is 0 Å². The molecule has 1 atom stereocenters. The molecule has 0 saturated carbocycles. The van der Waals surface area contributed by atoms with Crippen molar-refractivity contribution in [2.45, 2.75) is 59.1 Å². The van der Waals surface area contributed by atoms with E-state index in [-0.39, 0.29) is 26.0 Å². The quantitative estimate of drug-likeness (QED) is 0.723. The third kappa shape index (κ3) is 8.88. The lowest BCUT2D eigenvalue weighted by molar-refractivity contribution is -0.143. The van der Waals surface area contributed by atoms with Gasteiger partial charge in [-0.2, -0.15) is 0 Å². The van der Waals surface area contributed by atoms with Gasteiger partial charge in [-0.1, -0.05) is 0 Å². The number of aliphatic carboxylic acids is 1. The van der Waals surface area contributed by atoms with Crippen LogP contribution in [0.5, 0.6) is 0 Å². The third-order valence-electron chi connectivity index (χ3n) is 2.49. The number of carbonyl (C=O) groups excluding carboxylic acids is 2. The van der Waals surface area contributed by atoms with Gasteiger partial charge in [0.05, 0.1) is 19.4 Å². The summed E-state index contributed by atoms with van der Waals surface area (Å²) in [4.78, 5) is 35.5. The Bertz CT molecular complexity index is 374. The van der Waals surface area contributed by atoms with Crippen molar-refractivity contribution in [1.29, 1.82) is 0 Å². The Morgan fingerprint density at radius 2 is 1.81 bits per heavy atom. The van der Waals surface area contributed by atoms with E-state index in [2.05, 4.69) is 0 Å². The van der Waals surface area contributed by atoms with E-state index < -0.39 is 29.7 Å². The first kappa shape index (κ1) is 19.2. The largest absolute Gasteiger partial charge is 0.481 e. The number of nitrogens with zero attached hydrogens (tertiary/aromatic N) is 1. The van der Waals surface area contributed by atoms with E-state index in [0.717, 1.165) is 0 Å². The zero-order valence-corrected chi connectivity index (χ0v) is 13.3. The van der Waals surface area contributed by atoms with E-state index >= 15 is 0 Å². The molecule has 122 valence electrons. The number of rotatable bonds is 7. The second-order valence-electron chi connectivity index (χ2n) is 5.68. The number of hydrogen-bond acceptors (Lipinski definition) is 5. The molecule has 0 aromatic carbocycles. The Morgan fingerprint density at radius 3 is 2.24 bits per heavy atom. The van der Waals surface area contributed by atoms with Gasteiger partial charge < -0.3 is 19.5 Å². The molecule has 0 fully saturated rings. The molecule has 0 heterocycles. The van der Waals surface area contributed by atoms with Crippen LogP contribution >= 0.6 is 0 Å². The molecule has 1 amide bonds. The van der Waals surface area contributed by atoms with Crippen LogP contribution < -0.4 is 0 Å². The SMILES string of the molecule is CCOC(=O)CCN(C(=O)OC(C)(C)C)C(C)CC(=O)O. The maximum absolute atomic E-state index is 12.1. The molecule has 0 aromatic rings. The van der Waals surface area contributed by atoms with Gasteiger partial charge in [-0.15, -0.1) is 0 Å². The maximum Gasteiger partial charge on any atom is 0.410 e. The van der Waals surface area contributed by atoms with Crippen LogP contribution in [0.1, 0.15) is 47.5 Å². The molecule has 0 rings (SSSR count). The van der Waals surface area contributed by atoms with Crippen molar-refractivity contribution in [3.05, 3.63) is 0 Å². The van der Waals surface area contributed by atoms with Gasteiger partial charge in [-0.3, -0.25) is 9.59 Å². The van der Waals surface area contributed by atoms with Crippen molar-refractivity contribution in [1.82, 2.24) is 4.90 Å². The Balaban J connectivity index is 4.79. The van der Waals surface area contributed by atoms with Gasteiger partial charge in [0.1, 0.15) is 5.60 Å². The van der Waals surface area contributed by atoms with E-state index in [0.29, 0.717) is 0 Å². The van der Waals surface area contributed by atoms with Gasteiger partial charge in [0.2, 0.25) is 0 Å². The summed E-state index contributed by atoms with van der Waals surface area (Å²) in [6, 6.07) is -0.577. The van der Waals surface area contributed by atoms with E-state index in [4.69, 9.17) is 14.6 Å². The molecule has 0 aliphatic heterocycles. The van der Waals surface area contributed by atoms with Gasteiger partial charge >= 0.3 is 18.0 Å². The average molecular weight is 303 g/mol. The first-order chi connectivity index (χ1) is 9.56. The van der Waals surface area contributed by atoms with Crippen molar-refractivity contribution in [2.75, 3.05) is 13.2 Å². The summed E-state index contributed by atoms with van der Waals surface area (Å²) < 4.78 is 10.0. The summed E-state index contributed by atoms with van der Waals surface area (Å²) in [5.41, 5.74) is -0.692. The van der Waals surface area contributed by atoms with E-state index in [1.807, 2.05) is 0 Å². The van der Waals surface area contributed by atoms with Crippen LogP contribution in [-0.2, 0) is 19.1 Å². The molecule has 0 aliphatic rings. The predicted molar refractivity (Wildman–Crippen MR) is 75.9 cm³/mol. The number of amides is 1. The zero-order valence-electron chi connectivity index (χ0n) is 13.3. The van der Waals surface area contributed by atoms with Crippen molar-refractivity contribution >= 4 is 18.0 Å². The minimum absolute atomic E-state index is 0.00293. The highest BCUT2D eigenvalue weighted by molar-refractivity contribution is 5.73. The van der Waals surface area contributed by atoms with Crippen LogP contribution in [-0.4, -0.2) is 52.8 Å². The van der Waals surface area contributed by atoms with Gasteiger partial charge in [-0.05, 0) is 34.6 Å². The Labute approximate surface area is 125 Å². The number of ether oxygens (including phenoxy) is 2. The van der Waals surface area contributed by atoms with Gasteiger partial charge in [0.15, 0.2) is 0 Å². The van der Waals surface area contributed by atoms with Gasteiger partial charge in [0.25, 0.3) is 0 Å². The first-order valence-electron chi connectivity index (χ1n) is 6.93. The fourth-order valence-corrected chi connectivity index (χ4v) is 1.62. The lowest BCUT2D eigenvalue weighted by Crippen LogP contribution is -2.44. The monoisotopic (exact) mass is 303 g/mol. The number of carboxylic acids is 1. The van der Waals surface area contributed by atoms with Crippen LogP contribution in [0.4, 0.5) is 4.79 Å². The number of esters is 1. The predicted octanol–water partition coefficient (Wildman–Crippen LogP) is 2.04. The summed E-state index contributed by atoms with van der Waals surface area (Å²) >= 11 is 0. The minimum Gasteiger partial charge on any atom is -0.481 e. The highest BCUT2D eigenvalue weighted by Crippen LogP contribution is 2.14. The molecular weight excluding hydrogens is 278 g/mol. The Kier molecular flexibility index (Phi) is 7.76. The lowest BCUT2D eigenvalue weighted by Gasteiger charge is -2.30. The molecule has 0 spiro atoms. The van der Waals surface area contributed by atoms with Crippen LogP contribution in [0.2, 0.25) is 0 Å². The molecular formula is C14H25NO6. The highest BCUT2D eigenvalue weighted by atomic mass is 16.6. The molecule has 7 heteroatoms. The molecule has 0 bridgehead atoms. The van der Waals surface area contributed by atoms with E-state index in [1.165, 1.54) is 4.90 Å². The highest BCUT2D eigenvalue weighted by Gasteiger charge is 2.27. The summed E-state index contributed by atoms with van der Waals surface area (Å²) in [6.45, 7) is 8.76. The molecule has 1 unspecified atom stereocenters. The maximum atomic E-state index is 12.1. The smallest absolute Gasteiger partial charge is 0.410 e. The van der Waals surface area contributed by atoms with Crippen molar-refractivity contribution in [3.8, 4) is 0 Å². The lowest BCUT2D eigenvalue weighted by atomic mass is 10.2. The molecule has 0 aliphatic carbocycles. The summed E-state index contributed by atoms with van der Waals surface area (Å²) in [7, 11) is 0. The van der Waals surface area contributed by atoms with Crippen LogP contribution in [0.25, 0.3) is 0 Å². The zero-order chi connectivity index (χ0) is 16.6. The fraction of sp³-hybridized carbons (Fsp3) is 0.786. The van der Waals surface area contributed by atoms with E-state index in [1.54, 1.807) is 34.6 Å². The molecule has 0 aromatic heterocycles. The average Bonchev–Trinajstić information content (AvgIpc) is 2.25. The third-order valence-corrected chi connectivity index (χ3v) is 2.49. The topological polar surface area (TPSA) is 93.1 Å². The minimum atomic E-state index is -1.02. The second-order valence-corrected chi connectivity index (χ2v) is 5.68. The summed E-state index contributed by atoms with van der Waals surface area (Å²) in [6.07, 6.45) is -0.861. The second kappa shape index (κ2) is 8.49. The number of carbonyl (C=O) groups is 3. The first-order valence-corrected chi connectivity index (χ1v) is 6.93. The summed E-state index contributed by atoms with van der Waals surface area (Å²) in [5.74, 6) is -1.46. The van der Waals surface area contributed by atoms with Crippen molar-refractivity contribution in [2.24, 2.45) is 0 Å². The standard InChI is InChI=1S/C14H25NO6/c1-6-20-12(18)7-8-15(10(2)9-11(16)17)13(19)21-14(3,4)5/h10H,6-9H2,1-5H3,(H,16,17). The van der Waals surface area contributed by atoms with E-state index in [9.17, 15) is 14.4 Å². The fourth-order valence-electron chi connectivity index (χ4n) is 1.62. The van der Waals surface area contributed by atoms with Crippen molar-refractivity contribution < 1.29 is 29.0 Å². The normalized spacial score (nSPS) is 12.4. The molecule has 1 N–H and O–H groups in total. The molecule has 7 nitrogen and oxygen atoms in total.